The van der Waals surface area contributed by atoms with Gasteiger partial charge in [-0.15, -0.1) is 0 Å². The Morgan fingerprint density at radius 1 is 1.36 bits per heavy atom. The van der Waals surface area contributed by atoms with E-state index in [0.29, 0.717) is 6.42 Å². The fourth-order valence-electron chi connectivity index (χ4n) is 2.82. The predicted molar refractivity (Wildman–Crippen MR) is 88.4 cm³/mol. The minimum atomic E-state index is -3.42. The molecular weight excluding hydrogens is 354 g/mol. The van der Waals surface area contributed by atoms with E-state index < -0.39 is 45.4 Å². The van der Waals surface area contributed by atoms with Crippen molar-refractivity contribution < 1.29 is 27.1 Å². The highest BCUT2D eigenvalue weighted by Gasteiger charge is 2.42. The van der Waals surface area contributed by atoms with Crippen LogP contribution in [-0.2, 0) is 21.2 Å². The van der Waals surface area contributed by atoms with Gasteiger partial charge in [-0.05, 0) is 12.5 Å². The Hall–Kier alpha value is -1.58. The van der Waals surface area contributed by atoms with Crippen LogP contribution in [0.5, 0.6) is 0 Å². The zero-order valence-corrected chi connectivity index (χ0v) is 14.7. The lowest BCUT2D eigenvalue weighted by atomic mass is 10.0. The molecule has 3 N–H and O–H groups in total. The number of aliphatic hydroxyl groups excluding tert-OH is 1. The summed E-state index contributed by atoms with van der Waals surface area (Å²) in [6.07, 6.45) is 0.508. The van der Waals surface area contributed by atoms with Gasteiger partial charge in [-0.1, -0.05) is 19.1 Å². The molecule has 0 radical (unpaired) electrons. The summed E-state index contributed by atoms with van der Waals surface area (Å²) in [5, 5.41) is 14.6. The van der Waals surface area contributed by atoms with Crippen molar-refractivity contribution in [1.29, 1.82) is 0 Å². The molecule has 1 amide bonds. The van der Waals surface area contributed by atoms with Gasteiger partial charge in [0.2, 0.25) is 5.91 Å². The summed E-state index contributed by atoms with van der Waals surface area (Å²) in [4.78, 5) is 12.3. The van der Waals surface area contributed by atoms with Crippen LogP contribution in [0.25, 0.3) is 0 Å². The smallest absolute Gasteiger partial charge is 0.226 e. The first kappa shape index (κ1) is 19.7. The Morgan fingerprint density at radius 3 is 2.72 bits per heavy atom. The summed E-state index contributed by atoms with van der Waals surface area (Å²) in [5.74, 6) is -3.87. The number of benzene rings is 1. The average molecular weight is 376 g/mol. The van der Waals surface area contributed by atoms with Crippen molar-refractivity contribution in [2.24, 2.45) is 5.92 Å². The highest BCUT2D eigenvalue weighted by molar-refractivity contribution is 7.91. The standard InChI is InChI=1S/C16H22F2N2O4S/c1-2-11(7-21)20-16(22)12-8-25(23,24)9-14(12)19-6-10-4-3-5-13(17)15(10)18/h3-5,11-12,14,19,21H,2,6-9H2,1H3,(H,20,22)/t11?,12-,14-/m1/s1. The van der Waals surface area contributed by atoms with E-state index in [9.17, 15) is 22.0 Å². The van der Waals surface area contributed by atoms with Crippen LogP contribution in [0, 0.1) is 17.6 Å². The second kappa shape index (κ2) is 8.20. The van der Waals surface area contributed by atoms with Gasteiger partial charge < -0.3 is 15.7 Å². The molecule has 1 saturated heterocycles. The Labute approximate surface area is 145 Å². The van der Waals surface area contributed by atoms with Crippen LogP contribution in [0.15, 0.2) is 18.2 Å². The highest BCUT2D eigenvalue weighted by atomic mass is 32.2. The lowest BCUT2D eigenvalue weighted by Crippen LogP contribution is -2.47. The molecule has 0 bridgehead atoms. The Balaban J connectivity index is 2.08. The Morgan fingerprint density at radius 2 is 2.08 bits per heavy atom. The third-order valence-electron chi connectivity index (χ3n) is 4.34. The van der Waals surface area contributed by atoms with Crippen molar-refractivity contribution in [3.8, 4) is 0 Å². The number of rotatable bonds is 7. The van der Waals surface area contributed by atoms with Gasteiger partial charge in [0.25, 0.3) is 0 Å². The summed E-state index contributed by atoms with van der Waals surface area (Å²) in [6, 6.07) is 2.59. The molecule has 25 heavy (non-hydrogen) atoms. The Kier molecular flexibility index (Phi) is 6.47. The van der Waals surface area contributed by atoms with Gasteiger partial charge in [-0.2, -0.15) is 0 Å². The van der Waals surface area contributed by atoms with Gasteiger partial charge in [-0.25, -0.2) is 17.2 Å². The van der Waals surface area contributed by atoms with Gasteiger partial charge in [-0.3, -0.25) is 4.79 Å². The van der Waals surface area contributed by atoms with Crippen LogP contribution < -0.4 is 10.6 Å². The third kappa shape index (κ3) is 4.96. The largest absolute Gasteiger partial charge is 0.394 e. The first-order valence-corrected chi connectivity index (χ1v) is 9.87. The molecule has 0 aromatic heterocycles. The summed E-state index contributed by atoms with van der Waals surface area (Å²) in [7, 11) is -3.42. The topological polar surface area (TPSA) is 95.5 Å². The van der Waals surface area contributed by atoms with Crippen molar-refractivity contribution in [1.82, 2.24) is 10.6 Å². The maximum atomic E-state index is 13.7. The number of amides is 1. The average Bonchev–Trinajstić information content (AvgIpc) is 2.88. The molecule has 1 aromatic rings. The summed E-state index contributed by atoms with van der Waals surface area (Å²) in [5.41, 5.74) is 0.0604. The summed E-state index contributed by atoms with van der Waals surface area (Å²) >= 11 is 0. The van der Waals surface area contributed by atoms with Crippen molar-refractivity contribution >= 4 is 15.7 Å². The number of halogens is 2. The molecule has 1 fully saturated rings. The minimum Gasteiger partial charge on any atom is -0.394 e. The first-order chi connectivity index (χ1) is 11.8. The molecule has 0 saturated carbocycles. The second-order valence-corrected chi connectivity index (χ2v) is 8.33. The fourth-order valence-corrected chi connectivity index (χ4v) is 4.78. The third-order valence-corrected chi connectivity index (χ3v) is 6.07. The molecule has 3 atom stereocenters. The van der Waals surface area contributed by atoms with Crippen molar-refractivity contribution in [2.45, 2.75) is 32.0 Å². The molecule has 1 heterocycles. The van der Waals surface area contributed by atoms with Gasteiger partial charge in [0.05, 0.1) is 30.1 Å². The van der Waals surface area contributed by atoms with E-state index in [4.69, 9.17) is 5.11 Å². The van der Waals surface area contributed by atoms with Gasteiger partial charge >= 0.3 is 0 Å². The molecule has 0 aliphatic carbocycles. The number of sulfone groups is 1. The SMILES string of the molecule is CCC(CO)NC(=O)[C@@H]1CS(=O)(=O)C[C@H]1NCc1cccc(F)c1F. The number of aliphatic hydroxyl groups is 1. The van der Waals surface area contributed by atoms with Gasteiger partial charge in [0, 0.05) is 18.2 Å². The van der Waals surface area contributed by atoms with Gasteiger partial charge in [0.1, 0.15) is 0 Å². The van der Waals surface area contributed by atoms with Gasteiger partial charge in [0.15, 0.2) is 21.5 Å². The van der Waals surface area contributed by atoms with E-state index in [-0.39, 0.29) is 30.2 Å². The molecular formula is C16H22F2N2O4S. The molecule has 140 valence electrons. The maximum Gasteiger partial charge on any atom is 0.226 e. The molecule has 9 heteroatoms. The first-order valence-electron chi connectivity index (χ1n) is 8.05. The quantitative estimate of drug-likeness (QED) is 0.639. The minimum absolute atomic E-state index is 0.0604. The summed E-state index contributed by atoms with van der Waals surface area (Å²) < 4.78 is 50.8. The van der Waals surface area contributed by atoms with Crippen molar-refractivity contribution in [3.05, 3.63) is 35.4 Å². The molecule has 1 unspecified atom stereocenters. The lowest BCUT2D eigenvalue weighted by molar-refractivity contribution is -0.125. The van der Waals surface area contributed by atoms with E-state index in [1.54, 1.807) is 6.92 Å². The highest BCUT2D eigenvalue weighted by Crippen LogP contribution is 2.21. The number of hydrogen-bond acceptors (Lipinski definition) is 5. The van der Waals surface area contributed by atoms with Crippen LogP contribution in [0.3, 0.4) is 0 Å². The second-order valence-electron chi connectivity index (χ2n) is 6.18. The molecule has 1 aliphatic heterocycles. The molecule has 2 rings (SSSR count). The van der Waals surface area contributed by atoms with E-state index in [2.05, 4.69) is 10.6 Å². The number of carbonyl (C=O) groups is 1. The van der Waals surface area contributed by atoms with Crippen LogP contribution in [0.4, 0.5) is 8.78 Å². The summed E-state index contributed by atoms with van der Waals surface area (Å²) in [6.45, 7) is 1.45. The molecule has 0 spiro atoms. The van der Waals surface area contributed by atoms with E-state index in [1.165, 1.54) is 12.1 Å². The zero-order valence-electron chi connectivity index (χ0n) is 13.8. The maximum absolute atomic E-state index is 13.7. The van der Waals surface area contributed by atoms with E-state index in [0.717, 1.165) is 6.07 Å². The van der Waals surface area contributed by atoms with Crippen molar-refractivity contribution in [2.75, 3.05) is 18.1 Å². The molecule has 1 aromatic carbocycles. The fraction of sp³-hybridized carbons (Fsp3) is 0.562. The lowest BCUT2D eigenvalue weighted by Gasteiger charge is -2.22. The molecule has 6 nitrogen and oxygen atoms in total. The van der Waals surface area contributed by atoms with Crippen molar-refractivity contribution in [3.63, 3.8) is 0 Å². The van der Waals surface area contributed by atoms with Crippen LogP contribution >= 0.6 is 0 Å². The zero-order chi connectivity index (χ0) is 18.6. The number of carbonyl (C=O) groups excluding carboxylic acids is 1. The Bertz CT molecular complexity index is 723. The number of nitrogens with one attached hydrogen (secondary N) is 2. The number of hydrogen-bond donors (Lipinski definition) is 3. The monoisotopic (exact) mass is 376 g/mol. The van der Waals surface area contributed by atoms with Crippen LogP contribution in [0.1, 0.15) is 18.9 Å². The molecule has 1 aliphatic rings. The predicted octanol–water partition coefficient (Wildman–Crippen LogP) is 0.355. The van der Waals surface area contributed by atoms with Crippen LogP contribution in [0.2, 0.25) is 0 Å². The normalized spacial score (nSPS) is 23.4. The van der Waals surface area contributed by atoms with E-state index in [1.807, 2.05) is 0 Å². The van der Waals surface area contributed by atoms with E-state index >= 15 is 0 Å². The van der Waals surface area contributed by atoms with Crippen LogP contribution in [-0.4, -0.2) is 49.6 Å².